The van der Waals surface area contributed by atoms with Gasteiger partial charge in [0.25, 0.3) is 11.8 Å². The first-order chi connectivity index (χ1) is 14.5. The molecule has 6 nitrogen and oxygen atoms in total. The van der Waals surface area contributed by atoms with E-state index in [1.165, 1.54) is 0 Å². The summed E-state index contributed by atoms with van der Waals surface area (Å²) in [7, 11) is 0. The van der Waals surface area contributed by atoms with Crippen LogP contribution in [0.4, 0.5) is 5.69 Å². The Morgan fingerprint density at radius 3 is 2.37 bits per heavy atom. The summed E-state index contributed by atoms with van der Waals surface area (Å²) in [6.07, 6.45) is 2.50. The standard InChI is InChI=1S/C23H26ClN3O3/c1-2-13-25-21(28)18-4-3-14-27(15-18)23(30)17-7-11-20(12-8-17)26-22(29)16-5-9-19(24)10-6-16/h5-12,18H,2-4,13-15H2,1H3,(H,25,28)(H,26,29)/t18-/m1/s1. The molecule has 30 heavy (non-hydrogen) atoms. The molecule has 1 aliphatic rings. The van der Waals surface area contributed by atoms with Crippen LogP contribution in [0.5, 0.6) is 0 Å². The molecular formula is C23H26ClN3O3. The number of halogens is 1. The van der Waals surface area contributed by atoms with Crippen LogP contribution in [0.2, 0.25) is 5.02 Å². The van der Waals surface area contributed by atoms with Crippen molar-refractivity contribution in [3.05, 3.63) is 64.7 Å². The van der Waals surface area contributed by atoms with Crippen molar-refractivity contribution in [1.82, 2.24) is 10.2 Å². The van der Waals surface area contributed by atoms with Gasteiger partial charge in [0.1, 0.15) is 0 Å². The second kappa shape index (κ2) is 10.3. The second-order valence-electron chi connectivity index (χ2n) is 7.42. The van der Waals surface area contributed by atoms with Crippen LogP contribution >= 0.6 is 11.6 Å². The van der Waals surface area contributed by atoms with Crippen molar-refractivity contribution in [3.63, 3.8) is 0 Å². The fourth-order valence-corrected chi connectivity index (χ4v) is 3.58. The molecule has 3 rings (SSSR count). The number of amides is 3. The normalized spacial score (nSPS) is 16.1. The summed E-state index contributed by atoms with van der Waals surface area (Å²) in [5, 5.41) is 6.29. The van der Waals surface area contributed by atoms with E-state index in [1.807, 2.05) is 6.92 Å². The topological polar surface area (TPSA) is 78.5 Å². The van der Waals surface area contributed by atoms with Crippen LogP contribution in [-0.4, -0.2) is 42.3 Å². The number of hydrogen-bond donors (Lipinski definition) is 2. The van der Waals surface area contributed by atoms with Crippen LogP contribution in [0, 0.1) is 5.92 Å². The highest BCUT2D eigenvalue weighted by molar-refractivity contribution is 6.30. The van der Waals surface area contributed by atoms with E-state index < -0.39 is 0 Å². The molecule has 7 heteroatoms. The van der Waals surface area contributed by atoms with E-state index in [4.69, 9.17) is 11.6 Å². The summed E-state index contributed by atoms with van der Waals surface area (Å²) in [6.45, 7) is 3.75. The molecule has 0 aliphatic carbocycles. The van der Waals surface area contributed by atoms with Crippen LogP contribution in [0.1, 0.15) is 46.9 Å². The van der Waals surface area contributed by atoms with Gasteiger partial charge in [0.05, 0.1) is 5.92 Å². The Bertz CT molecular complexity index is 897. The first-order valence-corrected chi connectivity index (χ1v) is 10.6. The average Bonchev–Trinajstić information content (AvgIpc) is 2.78. The van der Waals surface area contributed by atoms with E-state index >= 15 is 0 Å². The lowest BCUT2D eigenvalue weighted by atomic mass is 9.96. The fraction of sp³-hybridized carbons (Fsp3) is 0.348. The number of likely N-dealkylation sites (tertiary alicyclic amines) is 1. The molecule has 1 saturated heterocycles. The fourth-order valence-electron chi connectivity index (χ4n) is 3.45. The molecule has 1 atom stereocenters. The highest BCUT2D eigenvalue weighted by Gasteiger charge is 2.28. The van der Waals surface area contributed by atoms with Gasteiger partial charge in [-0.3, -0.25) is 14.4 Å². The first-order valence-electron chi connectivity index (χ1n) is 10.2. The number of rotatable bonds is 6. The van der Waals surface area contributed by atoms with Gasteiger partial charge in [0.15, 0.2) is 0 Å². The van der Waals surface area contributed by atoms with Gasteiger partial charge in [-0.1, -0.05) is 18.5 Å². The molecule has 158 valence electrons. The van der Waals surface area contributed by atoms with Crippen molar-refractivity contribution < 1.29 is 14.4 Å². The summed E-state index contributed by atoms with van der Waals surface area (Å²) in [5.74, 6) is -0.483. The molecule has 1 heterocycles. The quantitative estimate of drug-likeness (QED) is 0.732. The Labute approximate surface area is 181 Å². The monoisotopic (exact) mass is 427 g/mol. The SMILES string of the molecule is CCCNC(=O)[C@@H]1CCCN(C(=O)c2ccc(NC(=O)c3ccc(Cl)cc3)cc2)C1. The van der Waals surface area contributed by atoms with E-state index in [2.05, 4.69) is 10.6 Å². The molecule has 2 aromatic carbocycles. The van der Waals surface area contributed by atoms with Gasteiger partial charge >= 0.3 is 0 Å². The molecule has 0 unspecified atom stereocenters. The van der Waals surface area contributed by atoms with Crippen LogP contribution in [-0.2, 0) is 4.79 Å². The summed E-state index contributed by atoms with van der Waals surface area (Å²) in [4.78, 5) is 39.1. The molecule has 1 fully saturated rings. The summed E-state index contributed by atoms with van der Waals surface area (Å²) in [5.41, 5.74) is 1.64. The lowest BCUT2D eigenvalue weighted by Gasteiger charge is -2.32. The van der Waals surface area contributed by atoms with E-state index in [0.717, 1.165) is 19.3 Å². The maximum absolute atomic E-state index is 12.9. The highest BCUT2D eigenvalue weighted by atomic mass is 35.5. The zero-order valence-electron chi connectivity index (χ0n) is 17.0. The Kier molecular flexibility index (Phi) is 7.46. The summed E-state index contributed by atoms with van der Waals surface area (Å²) in [6, 6.07) is 13.4. The number of piperidine rings is 1. The van der Waals surface area contributed by atoms with Crippen molar-refractivity contribution in [2.75, 3.05) is 25.0 Å². The molecule has 2 aromatic rings. The van der Waals surface area contributed by atoms with E-state index in [9.17, 15) is 14.4 Å². The Hall–Kier alpha value is -2.86. The number of nitrogens with one attached hydrogen (secondary N) is 2. The number of carbonyl (C=O) groups excluding carboxylic acids is 3. The molecule has 0 bridgehead atoms. The van der Waals surface area contributed by atoms with Crippen molar-refractivity contribution in [1.29, 1.82) is 0 Å². The molecule has 3 amide bonds. The van der Waals surface area contributed by atoms with Crippen molar-refractivity contribution in [2.45, 2.75) is 26.2 Å². The smallest absolute Gasteiger partial charge is 0.255 e. The average molecular weight is 428 g/mol. The molecule has 2 N–H and O–H groups in total. The minimum atomic E-state index is -0.247. The van der Waals surface area contributed by atoms with Crippen LogP contribution in [0.3, 0.4) is 0 Å². The molecular weight excluding hydrogens is 402 g/mol. The third-order valence-corrected chi connectivity index (χ3v) is 5.38. The maximum Gasteiger partial charge on any atom is 0.255 e. The zero-order chi connectivity index (χ0) is 21.5. The molecule has 1 aliphatic heterocycles. The van der Waals surface area contributed by atoms with Crippen molar-refractivity contribution >= 4 is 35.0 Å². The predicted molar refractivity (Wildman–Crippen MR) is 118 cm³/mol. The third kappa shape index (κ3) is 5.60. The number of hydrogen-bond acceptors (Lipinski definition) is 3. The number of carbonyl (C=O) groups is 3. The van der Waals surface area contributed by atoms with Crippen molar-refractivity contribution in [2.24, 2.45) is 5.92 Å². The summed E-state index contributed by atoms with van der Waals surface area (Å²) < 4.78 is 0. The van der Waals surface area contributed by atoms with Gasteiger partial charge in [-0.05, 0) is 67.8 Å². The largest absolute Gasteiger partial charge is 0.356 e. The van der Waals surface area contributed by atoms with Gasteiger partial charge in [-0.25, -0.2) is 0 Å². The van der Waals surface area contributed by atoms with Crippen LogP contribution in [0.15, 0.2) is 48.5 Å². The predicted octanol–water partition coefficient (Wildman–Crippen LogP) is 3.97. The Morgan fingerprint density at radius 1 is 1.03 bits per heavy atom. The van der Waals surface area contributed by atoms with Crippen LogP contribution < -0.4 is 10.6 Å². The lowest BCUT2D eigenvalue weighted by molar-refractivity contribution is -0.126. The molecule has 0 aromatic heterocycles. The lowest BCUT2D eigenvalue weighted by Crippen LogP contribution is -2.45. The van der Waals surface area contributed by atoms with Crippen molar-refractivity contribution in [3.8, 4) is 0 Å². The third-order valence-electron chi connectivity index (χ3n) is 5.12. The number of benzene rings is 2. The minimum absolute atomic E-state index is 0.0228. The molecule has 0 radical (unpaired) electrons. The second-order valence-corrected chi connectivity index (χ2v) is 7.86. The van der Waals surface area contributed by atoms with Gasteiger partial charge in [-0.15, -0.1) is 0 Å². The molecule has 0 spiro atoms. The highest BCUT2D eigenvalue weighted by Crippen LogP contribution is 2.20. The minimum Gasteiger partial charge on any atom is -0.356 e. The number of anilines is 1. The van der Waals surface area contributed by atoms with Gasteiger partial charge < -0.3 is 15.5 Å². The Balaban J connectivity index is 1.59. The van der Waals surface area contributed by atoms with Gasteiger partial charge in [0.2, 0.25) is 5.91 Å². The zero-order valence-corrected chi connectivity index (χ0v) is 17.7. The van der Waals surface area contributed by atoms with Gasteiger partial charge in [-0.2, -0.15) is 0 Å². The number of nitrogens with zero attached hydrogens (tertiary/aromatic N) is 1. The first kappa shape index (κ1) is 21.8. The van der Waals surface area contributed by atoms with Gasteiger partial charge in [0, 0.05) is 41.5 Å². The van der Waals surface area contributed by atoms with E-state index in [-0.39, 0.29) is 23.6 Å². The van der Waals surface area contributed by atoms with Crippen LogP contribution in [0.25, 0.3) is 0 Å². The maximum atomic E-state index is 12.9. The Morgan fingerprint density at radius 2 is 1.70 bits per heavy atom. The molecule has 0 saturated carbocycles. The summed E-state index contributed by atoms with van der Waals surface area (Å²) >= 11 is 5.85. The van der Waals surface area contributed by atoms with E-state index in [1.54, 1.807) is 53.4 Å². The van der Waals surface area contributed by atoms with E-state index in [0.29, 0.717) is 41.5 Å².